The van der Waals surface area contributed by atoms with Crippen LogP contribution >= 0.6 is 0 Å². The first kappa shape index (κ1) is 14.0. The van der Waals surface area contributed by atoms with Gasteiger partial charge in [-0.05, 0) is 40.0 Å². The molecule has 0 aliphatic carbocycles. The van der Waals surface area contributed by atoms with Crippen molar-refractivity contribution in [3.63, 3.8) is 0 Å². The number of piperidine rings is 1. The Hall–Kier alpha value is -1.06. The van der Waals surface area contributed by atoms with E-state index in [0.717, 1.165) is 19.3 Å². The molecular weight excluding hydrogens is 218 g/mol. The van der Waals surface area contributed by atoms with Gasteiger partial charge >= 0.3 is 6.09 Å². The van der Waals surface area contributed by atoms with Crippen molar-refractivity contribution in [2.45, 2.75) is 52.6 Å². The number of nitrogens with zero attached hydrogens (tertiary/aromatic N) is 1. The van der Waals surface area contributed by atoms with E-state index in [1.807, 2.05) is 20.8 Å². The van der Waals surface area contributed by atoms with E-state index in [1.165, 1.54) is 0 Å². The molecule has 4 nitrogen and oxygen atoms in total. The van der Waals surface area contributed by atoms with Crippen molar-refractivity contribution in [1.29, 1.82) is 0 Å². The minimum absolute atomic E-state index is 0.123. The van der Waals surface area contributed by atoms with Gasteiger partial charge in [-0.25, -0.2) is 4.79 Å². The average Bonchev–Trinajstić information content (AvgIpc) is 2.28. The summed E-state index contributed by atoms with van der Waals surface area (Å²) in [5, 5.41) is 0. The van der Waals surface area contributed by atoms with E-state index in [0.29, 0.717) is 13.1 Å². The highest BCUT2D eigenvalue weighted by Crippen LogP contribution is 2.21. The summed E-state index contributed by atoms with van der Waals surface area (Å²) >= 11 is 0. The first-order valence-electron chi connectivity index (χ1n) is 6.34. The molecule has 0 radical (unpaired) electrons. The zero-order valence-electron chi connectivity index (χ0n) is 11.3. The average molecular weight is 241 g/mol. The molecule has 1 aliphatic heterocycles. The molecule has 4 heteroatoms. The van der Waals surface area contributed by atoms with Gasteiger partial charge in [-0.15, -0.1) is 0 Å². The van der Waals surface area contributed by atoms with E-state index in [-0.39, 0.29) is 17.8 Å². The Bertz CT molecular complexity index is 291. The van der Waals surface area contributed by atoms with Crippen LogP contribution in [0.5, 0.6) is 0 Å². The predicted octanol–water partition coefficient (Wildman–Crippen LogP) is 2.61. The largest absolute Gasteiger partial charge is 0.443 e. The van der Waals surface area contributed by atoms with E-state index in [1.54, 1.807) is 11.8 Å². The monoisotopic (exact) mass is 241 g/mol. The highest BCUT2D eigenvalue weighted by atomic mass is 16.6. The minimum Gasteiger partial charge on any atom is -0.443 e. The van der Waals surface area contributed by atoms with E-state index in [4.69, 9.17) is 4.74 Å². The summed E-state index contributed by atoms with van der Waals surface area (Å²) in [5.41, 5.74) is -0.408. The first-order chi connectivity index (χ1) is 7.85. The van der Waals surface area contributed by atoms with Gasteiger partial charge in [0.15, 0.2) is 0 Å². The van der Waals surface area contributed by atoms with E-state index >= 15 is 0 Å². The first-order valence-corrected chi connectivity index (χ1v) is 6.34. The molecule has 0 spiro atoms. The van der Waals surface area contributed by atoms with Crippen molar-refractivity contribution in [3.05, 3.63) is 0 Å². The number of Topliss-reactive ketones (excluding diaryl/α,β-unsaturated/α-hetero) is 1. The zero-order chi connectivity index (χ0) is 13.1. The second-order valence-electron chi connectivity index (χ2n) is 5.35. The van der Waals surface area contributed by atoms with Crippen LogP contribution in [0.3, 0.4) is 0 Å². The summed E-state index contributed by atoms with van der Waals surface area (Å²) in [6, 6.07) is 0. The van der Waals surface area contributed by atoms with E-state index < -0.39 is 5.60 Å². The maximum absolute atomic E-state index is 11.9. The molecule has 98 valence electrons. The predicted molar refractivity (Wildman–Crippen MR) is 65.8 cm³/mol. The van der Waals surface area contributed by atoms with E-state index in [2.05, 4.69) is 0 Å². The summed E-state index contributed by atoms with van der Waals surface area (Å²) in [4.78, 5) is 24.8. The Kier molecular flexibility index (Phi) is 4.54. The molecule has 1 fully saturated rings. The third-order valence-corrected chi connectivity index (χ3v) is 3.54. The molecule has 0 bridgehead atoms. The molecule has 0 N–H and O–H groups in total. The van der Waals surface area contributed by atoms with Gasteiger partial charge < -0.3 is 9.64 Å². The Morgan fingerprint density at radius 2 is 1.82 bits per heavy atom. The summed E-state index contributed by atoms with van der Waals surface area (Å²) in [6.45, 7) is 8.69. The fraction of sp³-hybridized carbons (Fsp3) is 0.846. The molecule has 17 heavy (non-hydrogen) atoms. The molecule has 1 rings (SSSR count). The standard InChI is InChI=1S/C13H23NO3/c1-5-13(3,4)17-12(16)14-8-6-11(7-9-14)10(2)15/h11H,5-9H2,1-4H3. The summed E-state index contributed by atoms with van der Waals surface area (Å²) in [6.07, 6.45) is 2.07. The third kappa shape index (κ3) is 4.02. The Balaban J connectivity index is 2.44. The van der Waals surface area contributed by atoms with Crippen LogP contribution < -0.4 is 0 Å². The van der Waals surface area contributed by atoms with Crippen LogP contribution in [0.15, 0.2) is 0 Å². The van der Waals surface area contributed by atoms with Crippen molar-refractivity contribution < 1.29 is 14.3 Å². The minimum atomic E-state index is -0.408. The molecule has 0 atom stereocenters. The molecule has 1 saturated heterocycles. The van der Waals surface area contributed by atoms with Crippen molar-refractivity contribution in [1.82, 2.24) is 4.90 Å². The number of amides is 1. The Labute approximate surface area is 103 Å². The van der Waals surface area contributed by atoms with Gasteiger partial charge in [0.1, 0.15) is 11.4 Å². The number of carbonyl (C=O) groups excluding carboxylic acids is 2. The number of hydrogen-bond donors (Lipinski definition) is 0. The van der Waals surface area contributed by atoms with Crippen LogP contribution in [-0.4, -0.2) is 35.5 Å². The molecule has 0 aromatic carbocycles. The summed E-state index contributed by atoms with van der Waals surface area (Å²) in [7, 11) is 0. The zero-order valence-corrected chi connectivity index (χ0v) is 11.3. The molecule has 0 unspecified atom stereocenters. The summed E-state index contributed by atoms with van der Waals surface area (Å²) < 4.78 is 5.42. The fourth-order valence-electron chi connectivity index (χ4n) is 1.84. The molecule has 0 aromatic heterocycles. The number of likely N-dealkylation sites (tertiary alicyclic amines) is 1. The van der Waals surface area contributed by atoms with Gasteiger partial charge in [0.25, 0.3) is 0 Å². The number of carbonyl (C=O) groups is 2. The third-order valence-electron chi connectivity index (χ3n) is 3.54. The van der Waals surface area contributed by atoms with Crippen LogP contribution in [0.2, 0.25) is 0 Å². The molecule has 1 aliphatic rings. The van der Waals surface area contributed by atoms with Gasteiger partial charge in [-0.2, -0.15) is 0 Å². The number of ether oxygens (including phenoxy) is 1. The topological polar surface area (TPSA) is 46.6 Å². The van der Waals surface area contributed by atoms with Crippen molar-refractivity contribution in [3.8, 4) is 0 Å². The number of ketones is 1. The molecule has 1 amide bonds. The lowest BCUT2D eigenvalue weighted by atomic mass is 9.94. The Morgan fingerprint density at radius 3 is 2.24 bits per heavy atom. The van der Waals surface area contributed by atoms with Gasteiger partial charge in [0, 0.05) is 19.0 Å². The second-order valence-corrected chi connectivity index (χ2v) is 5.35. The number of hydrogen-bond acceptors (Lipinski definition) is 3. The maximum Gasteiger partial charge on any atom is 0.410 e. The molecule has 0 saturated carbocycles. The highest BCUT2D eigenvalue weighted by Gasteiger charge is 2.29. The Morgan fingerprint density at radius 1 is 1.29 bits per heavy atom. The molecular formula is C13H23NO3. The summed E-state index contributed by atoms with van der Waals surface area (Å²) in [5.74, 6) is 0.352. The van der Waals surface area contributed by atoms with Crippen LogP contribution in [0.1, 0.15) is 47.0 Å². The van der Waals surface area contributed by atoms with Crippen LogP contribution in [0.4, 0.5) is 4.79 Å². The van der Waals surface area contributed by atoms with Gasteiger partial charge in [-0.3, -0.25) is 4.79 Å². The van der Waals surface area contributed by atoms with E-state index in [9.17, 15) is 9.59 Å². The lowest BCUT2D eigenvalue weighted by molar-refractivity contribution is -0.122. The lowest BCUT2D eigenvalue weighted by Gasteiger charge is -2.33. The lowest BCUT2D eigenvalue weighted by Crippen LogP contribution is -2.43. The van der Waals surface area contributed by atoms with Crippen LogP contribution in [-0.2, 0) is 9.53 Å². The smallest absolute Gasteiger partial charge is 0.410 e. The van der Waals surface area contributed by atoms with Crippen LogP contribution in [0, 0.1) is 5.92 Å². The highest BCUT2D eigenvalue weighted by molar-refractivity contribution is 5.78. The second kappa shape index (κ2) is 5.52. The fourth-order valence-corrected chi connectivity index (χ4v) is 1.84. The van der Waals surface area contributed by atoms with Gasteiger partial charge in [0.05, 0.1) is 0 Å². The van der Waals surface area contributed by atoms with Crippen molar-refractivity contribution in [2.75, 3.05) is 13.1 Å². The molecule has 0 aromatic rings. The van der Waals surface area contributed by atoms with Gasteiger partial charge in [-0.1, -0.05) is 6.92 Å². The number of rotatable bonds is 3. The normalized spacial score (nSPS) is 18.0. The van der Waals surface area contributed by atoms with Crippen molar-refractivity contribution in [2.24, 2.45) is 5.92 Å². The van der Waals surface area contributed by atoms with Gasteiger partial charge in [0.2, 0.25) is 0 Å². The van der Waals surface area contributed by atoms with Crippen LogP contribution in [0.25, 0.3) is 0 Å². The SMILES string of the molecule is CCC(C)(C)OC(=O)N1CCC(C(C)=O)CC1. The quantitative estimate of drug-likeness (QED) is 0.763. The van der Waals surface area contributed by atoms with Crippen molar-refractivity contribution >= 4 is 11.9 Å². The maximum atomic E-state index is 11.9. The molecule has 1 heterocycles.